The van der Waals surface area contributed by atoms with Crippen molar-refractivity contribution >= 4 is 0 Å². The molecule has 0 spiro atoms. The summed E-state index contributed by atoms with van der Waals surface area (Å²) < 4.78 is 0. The van der Waals surface area contributed by atoms with E-state index in [1.54, 1.807) is 0 Å². The van der Waals surface area contributed by atoms with E-state index >= 15 is 0 Å². The Bertz CT molecular complexity index is 89.3. The molecule has 1 aliphatic rings. The minimum Gasteiger partial charge on any atom is -0.333 e. The lowest BCUT2D eigenvalue weighted by Gasteiger charge is -2.13. The van der Waals surface area contributed by atoms with Crippen molar-refractivity contribution in [2.24, 2.45) is 17.4 Å². The maximum atomic E-state index is 5.47. The molecule has 1 rings (SSSR count). The van der Waals surface area contributed by atoms with Crippen LogP contribution in [0.25, 0.3) is 0 Å². The lowest BCUT2D eigenvalue weighted by atomic mass is 9.95. The monoisotopic (exact) mass is 142 g/mol. The summed E-state index contributed by atoms with van der Waals surface area (Å²) in [6.07, 6.45) is 8.22. The van der Waals surface area contributed by atoms with Crippen LogP contribution in [0.3, 0.4) is 0 Å². The Morgan fingerprint density at radius 2 is 2.10 bits per heavy atom. The summed E-state index contributed by atoms with van der Waals surface area (Å²) in [6, 6.07) is 0. The molecule has 0 fully saturated rings. The fourth-order valence-corrected chi connectivity index (χ4v) is 1.07. The van der Waals surface area contributed by atoms with Gasteiger partial charge in [-0.1, -0.05) is 12.2 Å². The van der Waals surface area contributed by atoms with Crippen LogP contribution in [0, 0.1) is 5.92 Å². The minimum absolute atomic E-state index is 0.778. The molecule has 0 aromatic rings. The average molecular weight is 142 g/mol. The van der Waals surface area contributed by atoms with Crippen LogP contribution in [0.15, 0.2) is 12.2 Å². The standard InChI is InChI=1S/C7H13N.CH5N/c8-6-7-4-2-1-3-5-7;1-2/h1-2,7H,3-6,8H2;2H2,1H3. The molecule has 0 aromatic carbocycles. The second-order valence-corrected chi connectivity index (χ2v) is 2.39. The van der Waals surface area contributed by atoms with Crippen LogP contribution in [-0.2, 0) is 0 Å². The van der Waals surface area contributed by atoms with Gasteiger partial charge >= 0.3 is 0 Å². The quantitative estimate of drug-likeness (QED) is 0.534. The maximum absolute atomic E-state index is 5.47. The van der Waals surface area contributed by atoms with Gasteiger partial charge in [-0.25, -0.2) is 0 Å². The van der Waals surface area contributed by atoms with Crippen molar-refractivity contribution in [2.75, 3.05) is 13.6 Å². The van der Waals surface area contributed by atoms with E-state index in [4.69, 9.17) is 5.73 Å². The van der Waals surface area contributed by atoms with Crippen molar-refractivity contribution in [3.63, 3.8) is 0 Å². The highest BCUT2D eigenvalue weighted by molar-refractivity contribution is 4.89. The van der Waals surface area contributed by atoms with Crippen molar-refractivity contribution < 1.29 is 0 Å². The van der Waals surface area contributed by atoms with Crippen LogP contribution in [0.2, 0.25) is 0 Å². The van der Waals surface area contributed by atoms with E-state index in [9.17, 15) is 0 Å². The SMILES string of the molecule is CN.NCC1CC=CCC1. The molecule has 0 bridgehead atoms. The predicted octanol–water partition coefficient (Wildman–Crippen LogP) is 0.876. The van der Waals surface area contributed by atoms with Crippen LogP contribution in [-0.4, -0.2) is 13.6 Å². The highest BCUT2D eigenvalue weighted by Crippen LogP contribution is 2.15. The largest absolute Gasteiger partial charge is 0.333 e. The van der Waals surface area contributed by atoms with Crippen molar-refractivity contribution in [1.29, 1.82) is 0 Å². The van der Waals surface area contributed by atoms with E-state index in [1.807, 2.05) is 0 Å². The molecular weight excluding hydrogens is 124 g/mol. The summed E-state index contributed by atoms with van der Waals surface area (Å²) in [7, 11) is 1.50. The Kier molecular flexibility index (Phi) is 6.55. The first-order valence-corrected chi connectivity index (χ1v) is 3.86. The van der Waals surface area contributed by atoms with Gasteiger partial charge in [0, 0.05) is 0 Å². The van der Waals surface area contributed by atoms with Gasteiger partial charge in [-0.15, -0.1) is 0 Å². The third kappa shape index (κ3) is 3.64. The van der Waals surface area contributed by atoms with E-state index < -0.39 is 0 Å². The zero-order valence-corrected chi connectivity index (χ0v) is 6.72. The highest BCUT2D eigenvalue weighted by Gasteiger charge is 2.05. The van der Waals surface area contributed by atoms with Gasteiger partial charge in [0.1, 0.15) is 0 Å². The van der Waals surface area contributed by atoms with E-state index in [2.05, 4.69) is 17.9 Å². The normalized spacial score (nSPS) is 23.3. The minimum atomic E-state index is 0.778. The van der Waals surface area contributed by atoms with E-state index in [1.165, 1.54) is 26.3 Å². The Hall–Kier alpha value is -0.340. The summed E-state index contributed by atoms with van der Waals surface area (Å²) in [5, 5.41) is 0. The molecule has 1 unspecified atom stereocenters. The number of hydrogen-bond acceptors (Lipinski definition) is 2. The van der Waals surface area contributed by atoms with Crippen LogP contribution >= 0.6 is 0 Å². The second kappa shape index (κ2) is 6.78. The van der Waals surface area contributed by atoms with E-state index in [0.717, 1.165) is 12.5 Å². The van der Waals surface area contributed by atoms with Gasteiger partial charge in [0.05, 0.1) is 0 Å². The molecule has 0 saturated heterocycles. The molecule has 2 nitrogen and oxygen atoms in total. The highest BCUT2D eigenvalue weighted by atomic mass is 14.5. The molecule has 60 valence electrons. The zero-order valence-electron chi connectivity index (χ0n) is 6.72. The smallest absolute Gasteiger partial charge is 0.00458 e. The molecule has 2 heteroatoms. The molecule has 0 heterocycles. The first-order valence-electron chi connectivity index (χ1n) is 3.86. The summed E-state index contributed by atoms with van der Waals surface area (Å²) >= 11 is 0. The third-order valence-electron chi connectivity index (χ3n) is 1.71. The van der Waals surface area contributed by atoms with Crippen molar-refractivity contribution in [3.8, 4) is 0 Å². The van der Waals surface area contributed by atoms with Gasteiger partial charge in [-0.2, -0.15) is 0 Å². The fourth-order valence-electron chi connectivity index (χ4n) is 1.07. The van der Waals surface area contributed by atoms with Crippen molar-refractivity contribution in [3.05, 3.63) is 12.2 Å². The summed E-state index contributed by atoms with van der Waals surface area (Å²) in [6.45, 7) is 0.865. The van der Waals surface area contributed by atoms with Crippen molar-refractivity contribution in [1.82, 2.24) is 0 Å². The van der Waals surface area contributed by atoms with Gasteiger partial charge in [0.15, 0.2) is 0 Å². The molecule has 0 aromatic heterocycles. The summed E-state index contributed by atoms with van der Waals surface area (Å²) in [4.78, 5) is 0. The molecule has 0 saturated carbocycles. The average Bonchev–Trinajstić information content (AvgIpc) is 2.10. The van der Waals surface area contributed by atoms with E-state index in [0.29, 0.717) is 0 Å². The first kappa shape index (κ1) is 9.66. The summed E-state index contributed by atoms with van der Waals surface area (Å²) in [5.74, 6) is 0.778. The van der Waals surface area contributed by atoms with Crippen LogP contribution in [0.5, 0.6) is 0 Å². The first-order chi connectivity index (χ1) is 4.93. The molecule has 1 atom stereocenters. The maximum Gasteiger partial charge on any atom is -0.00458 e. The number of nitrogens with two attached hydrogens (primary N) is 2. The van der Waals surface area contributed by atoms with Crippen LogP contribution in [0.1, 0.15) is 19.3 Å². The molecule has 0 amide bonds. The predicted molar refractivity (Wildman–Crippen MR) is 45.6 cm³/mol. The molecule has 0 aliphatic heterocycles. The summed E-state index contributed by atoms with van der Waals surface area (Å²) in [5.41, 5.74) is 9.97. The topological polar surface area (TPSA) is 52.0 Å². The molecule has 1 aliphatic carbocycles. The van der Waals surface area contributed by atoms with Gasteiger partial charge < -0.3 is 11.5 Å². The molecule has 0 radical (unpaired) electrons. The Balaban J connectivity index is 0.000000371. The molecule has 4 N–H and O–H groups in total. The van der Waals surface area contributed by atoms with Gasteiger partial charge in [-0.05, 0) is 38.8 Å². The Morgan fingerprint density at radius 3 is 2.40 bits per heavy atom. The number of hydrogen-bond donors (Lipinski definition) is 2. The van der Waals surface area contributed by atoms with Gasteiger partial charge in [0.25, 0.3) is 0 Å². The lowest BCUT2D eigenvalue weighted by molar-refractivity contribution is 0.491. The number of rotatable bonds is 1. The van der Waals surface area contributed by atoms with Crippen LogP contribution in [0.4, 0.5) is 0 Å². The van der Waals surface area contributed by atoms with Gasteiger partial charge in [-0.3, -0.25) is 0 Å². The zero-order chi connectivity index (χ0) is 7.82. The van der Waals surface area contributed by atoms with Crippen molar-refractivity contribution in [2.45, 2.75) is 19.3 Å². The molecule has 10 heavy (non-hydrogen) atoms. The molecular formula is C8H18N2. The second-order valence-electron chi connectivity index (χ2n) is 2.39. The Labute approximate surface area is 63.3 Å². The van der Waals surface area contributed by atoms with Crippen LogP contribution < -0.4 is 11.5 Å². The Morgan fingerprint density at radius 1 is 1.40 bits per heavy atom. The third-order valence-corrected chi connectivity index (χ3v) is 1.71. The number of allylic oxidation sites excluding steroid dienone is 2. The van der Waals surface area contributed by atoms with Gasteiger partial charge in [0.2, 0.25) is 0 Å². The fraction of sp³-hybridized carbons (Fsp3) is 0.750. The van der Waals surface area contributed by atoms with E-state index in [-0.39, 0.29) is 0 Å². The lowest BCUT2D eigenvalue weighted by Crippen LogP contribution is -2.14.